The van der Waals surface area contributed by atoms with Crippen molar-refractivity contribution >= 4 is 0 Å². The van der Waals surface area contributed by atoms with Crippen molar-refractivity contribution in [3.05, 3.63) is 11.7 Å². The van der Waals surface area contributed by atoms with E-state index in [0.29, 0.717) is 11.7 Å². The normalized spacial score (nSPS) is 30.6. The Morgan fingerprint density at radius 3 is 2.84 bits per heavy atom. The highest BCUT2D eigenvalue weighted by molar-refractivity contribution is 5.03. The number of nitrogens with zero attached hydrogens (tertiary/aromatic N) is 3. The lowest BCUT2D eigenvalue weighted by molar-refractivity contribution is 0.00768. The Labute approximate surface area is 113 Å². The van der Waals surface area contributed by atoms with Gasteiger partial charge in [-0.1, -0.05) is 5.16 Å². The number of hydrogen-bond acceptors (Lipinski definition) is 6. The first-order valence-electron chi connectivity index (χ1n) is 7.12. The Hall–Kier alpha value is -0.980. The molecule has 2 aliphatic rings. The van der Waals surface area contributed by atoms with E-state index in [1.807, 2.05) is 6.92 Å². The SMILES string of the molecule is CC(c1nc(C2(C)CCCO2)no1)N1CCNCC1. The predicted octanol–water partition coefficient (Wildman–Crippen LogP) is 1.06. The van der Waals surface area contributed by atoms with Crippen molar-refractivity contribution in [2.45, 2.75) is 38.3 Å². The van der Waals surface area contributed by atoms with Gasteiger partial charge >= 0.3 is 0 Å². The average Bonchev–Trinajstić information content (AvgIpc) is 3.08. The first-order valence-corrected chi connectivity index (χ1v) is 7.12. The van der Waals surface area contributed by atoms with Gasteiger partial charge in [0.2, 0.25) is 11.7 Å². The third-order valence-electron chi connectivity index (χ3n) is 4.19. The molecule has 2 saturated heterocycles. The van der Waals surface area contributed by atoms with Crippen LogP contribution in [0.25, 0.3) is 0 Å². The first-order chi connectivity index (χ1) is 9.19. The smallest absolute Gasteiger partial charge is 0.243 e. The molecule has 2 atom stereocenters. The lowest BCUT2D eigenvalue weighted by atomic mass is 10.0. The largest absolute Gasteiger partial charge is 0.367 e. The maximum Gasteiger partial charge on any atom is 0.243 e. The van der Waals surface area contributed by atoms with Crippen molar-refractivity contribution in [1.82, 2.24) is 20.4 Å². The molecule has 106 valence electrons. The second-order valence-corrected chi connectivity index (χ2v) is 5.60. The molecule has 0 bridgehead atoms. The van der Waals surface area contributed by atoms with Crippen LogP contribution >= 0.6 is 0 Å². The second-order valence-electron chi connectivity index (χ2n) is 5.60. The Kier molecular flexibility index (Phi) is 3.56. The van der Waals surface area contributed by atoms with E-state index in [4.69, 9.17) is 9.26 Å². The van der Waals surface area contributed by atoms with E-state index in [1.54, 1.807) is 0 Å². The number of piperazine rings is 1. The third kappa shape index (κ3) is 2.52. The van der Waals surface area contributed by atoms with E-state index >= 15 is 0 Å². The van der Waals surface area contributed by atoms with Crippen LogP contribution in [-0.4, -0.2) is 47.8 Å². The van der Waals surface area contributed by atoms with Crippen molar-refractivity contribution in [2.75, 3.05) is 32.8 Å². The summed E-state index contributed by atoms with van der Waals surface area (Å²) >= 11 is 0. The van der Waals surface area contributed by atoms with Crippen LogP contribution < -0.4 is 5.32 Å². The number of rotatable bonds is 3. The summed E-state index contributed by atoms with van der Waals surface area (Å²) in [7, 11) is 0. The van der Waals surface area contributed by atoms with E-state index in [1.165, 1.54) is 0 Å². The summed E-state index contributed by atoms with van der Waals surface area (Å²) in [6.45, 7) is 9.04. The van der Waals surface area contributed by atoms with Crippen molar-refractivity contribution in [3.8, 4) is 0 Å². The quantitative estimate of drug-likeness (QED) is 0.882. The summed E-state index contributed by atoms with van der Waals surface area (Å²) < 4.78 is 11.2. The fraction of sp³-hybridized carbons (Fsp3) is 0.846. The van der Waals surface area contributed by atoms with E-state index in [2.05, 4.69) is 27.3 Å². The van der Waals surface area contributed by atoms with E-state index in [0.717, 1.165) is 45.6 Å². The first kappa shape index (κ1) is 13.0. The van der Waals surface area contributed by atoms with Gasteiger partial charge in [-0.15, -0.1) is 0 Å². The summed E-state index contributed by atoms with van der Waals surface area (Å²) in [6, 6.07) is 0.174. The third-order valence-corrected chi connectivity index (χ3v) is 4.19. The molecule has 0 aromatic carbocycles. The molecular formula is C13H22N4O2. The van der Waals surface area contributed by atoms with E-state index in [9.17, 15) is 0 Å². The van der Waals surface area contributed by atoms with Crippen LogP contribution in [0.5, 0.6) is 0 Å². The number of ether oxygens (including phenoxy) is 1. The van der Waals surface area contributed by atoms with Crippen LogP contribution in [0.2, 0.25) is 0 Å². The van der Waals surface area contributed by atoms with Crippen LogP contribution in [0.1, 0.15) is 44.4 Å². The zero-order valence-corrected chi connectivity index (χ0v) is 11.7. The summed E-state index contributed by atoms with van der Waals surface area (Å²) in [6.07, 6.45) is 2.03. The minimum atomic E-state index is -0.356. The van der Waals surface area contributed by atoms with Crippen molar-refractivity contribution in [2.24, 2.45) is 0 Å². The topological polar surface area (TPSA) is 63.4 Å². The highest BCUT2D eigenvalue weighted by Crippen LogP contribution is 2.34. The fourth-order valence-corrected chi connectivity index (χ4v) is 2.80. The monoisotopic (exact) mass is 266 g/mol. The molecule has 3 rings (SSSR count). The fourth-order valence-electron chi connectivity index (χ4n) is 2.80. The van der Waals surface area contributed by atoms with Crippen LogP contribution in [0.4, 0.5) is 0 Å². The lowest BCUT2D eigenvalue weighted by Gasteiger charge is -2.30. The van der Waals surface area contributed by atoms with E-state index < -0.39 is 0 Å². The van der Waals surface area contributed by atoms with Crippen LogP contribution in [0, 0.1) is 0 Å². The molecule has 0 spiro atoms. The molecule has 1 N–H and O–H groups in total. The maximum atomic E-state index is 5.76. The Balaban J connectivity index is 1.73. The minimum absolute atomic E-state index is 0.174. The number of hydrogen-bond donors (Lipinski definition) is 1. The molecular weight excluding hydrogens is 244 g/mol. The summed E-state index contributed by atoms with van der Waals surface area (Å²) in [4.78, 5) is 6.94. The summed E-state index contributed by atoms with van der Waals surface area (Å²) in [5.41, 5.74) is -0.356. The van der Waals surface area contributed by atoms with Crippen molar-refractivity contribution in [3.63, 3.8) is 0 Å². The number of nitrogens with one attached hydrogen (secondary N) is 1. The minimum Gasteiger partial charge on any atom is -0.367 e. The zero-order chi connectivity index (χ0) is 13.3. The second kappa shape index (κ2) is 5.19. The molecule has 2 unspecified atom stereocenters. The van der Waals surface area contributed by atoms with E-state index in [-0.39, 0.29) is 11.6 Å². The molecule has 1 aromatic rings. The zero-order valence-electron chi connectivity index (χ0n) is 11.7. The van der Waals surface area contributed by atoms with Crippen LogP contribution in [0.3, 0.4) is 0 Å². The molecule has 6 heteroatoms. The summed E-state index contributed by atoms with van der Waals surface area (Å²) in [5.74, 6) is 1.40. The van der Waals surface area contributed by atoms with Gasteiger partial charge < -0.3 is 14.6 Å². The molecule has 6 nitrogen and oxygen atoms in total. The number of aromatic nitrogens is 2. The Bertz CT molecular complexity index is 422. The molecule has 19 heavy (non-hydrogen) atoms. The van der Waals surface area contributed by atoms with Crippen LogP contribution in [0.15, 0.2) is 4.52 Å². The Morgan fingerprint density at radius 1 is 1.37 bits per heavy atom. The Morgan fingerprint density at radius 2 is 2.16 bits per heavy atom. The average molecular weight is 266 g/mol. The molecule has 2 fully saturated rings. The molecule has 0 aliphatic carbocycles. The highest BCUT2D eigenvalue weighted by Gasteiger charge is 2.37. The molecule has 0 amide bonds. The molecule has 2 aliphatic heterocycles. The molecule has 1 aromatic heterocycles. The van der Waals surface area contributed by atoms with Crippen molar-refractivity contribution in [1.29, 1.82) is 0 Å². The molecule has 3 heterocycles. The summed E-state index contributed by atoms with van der Waals surface area (Å²) in [5, 5.41) is 7.48. The predicted molar refractivity (Wildman–Crippen MR) is 69.7 cm³/mol. The van der Waals surface area contributed by atoms with Gasteiger partial charge in [0.05, 0.1) is 6.04 Å². The maximum absolute atomic E-state index is 5.76. The van der Waals surface area contributed by atoms with Gasteiger partial charge in [-0.05, 0) is 26.7 Å². The molecule has 0 radical (unpaired) electrons. The van der Waals surface area contributed by atoms with Gasteiger partial charge in [0, 0.05) is 32.8 Å². The van der Waals surface area contributed by atoms with Gasteiger partial charge in [0.1, 0.15) is 5.60 Å². The standard InChI is InChI=1S/C13H22N4O2/c1-10(17-7-5-14-6-8-17)11-15-12(16-19-11)13(2)4-3-9-18-13/h10,14H,3-9H2,1-2H3. The van der Waals surface area contributed by atoms with Gasteiger partial charge in [-0.25, -0.2) is 0 Å². The van der Waals surface area contributed by atoms with Gasteiger partial charge in [-0.2, -0.15) is 4.98 Å². The lowest BCUT2D eigenvalue weighted by Crippen LogP contribution is -2.44. The van der Waals surface area contributed by atoms with Crippen LogP contribution in [-0.2, 0) is 10.3 Å². The van der Waals surface area contributed by atoms with Crippen molar-refractivity contribution < 1.29 is 9.26 Å². The van der Waals surface area contributed by atoms with Gasteiger partial charge in [-0.3, -0.25) is 4.90 Å². The highest BCUT2D eigenvalue weighted by atomic mass is 16.5. The van der Waals surface area contributed by atoms with Gasteiger partial charge in [0.15, 0.2) is 0 Å². The molecule has 0 saturated carbocycles. The van der Waals surface area contributed by atoms with Gasteiger partial charge in [0.25, 0.3) is 0 Å².